The molecule has 1 aliphatic rings. The van der Waals surface area contributed by atoms with E-state index < -0.39 is 0 Å². The zero-order valence-electron chi connectivity index (χ0n) is 9.69. The van der Waals surface area contributed by atoms with Crippen molar-refractivity contribution >= 4 is 22.6 Å². The number of hydrogen-bond donors (Lipinski definition) is 0. The van der Waals surface area contributed by atoms with Gasteiger partial charge < -0.3 is 0 Å². The third-order valence-corrected chi connectivity index (χ3v) is 3.40. The smallest absolute Gasteiger partial charge is 0.227 e. The average molecular weight is 227 g/mol. The second kappa shape index (κ2) is 3.55. The summed E-state index contributed by atoms with van der Waals surface area (Å²) in [5.41, 5.74) is 2.76. The molecule has 3 rings (SSSR count). The molecule has 0 spiro atoms. The first kappa shape index (κ1) is 10.3. The lowest BCUT2D eigenvalue weighted by Gasteiger charge is -2.02. The van der Waals surface area contributed by atoms with Crippen molar-refractivity contribution in [3.8, 4) is 0 Å². The minimum Gasteiger partial charge on any atom is -0.294 e. The summed E-state index contributed by atoms with van der Waals surface area (Å²) in [5, 5.41) is 0.977. The summed E-state index contributed by atoms with van der Waals surface area (Å²) in [6, 6.07) is 5.62. The van der Waals surface area contributed by atoms with Gasteiger partial charge in [-0.15, -0.1) is 0 Å². The zero-order chi connectivity index (χ0) is 12.0. The van der Waals surface area contributed by atoms with Crippen molar-refractivity contribution in [1.82, 2.24) is 4.57 Å². The second-order valence-electron chi connectivity index (χ2n) is 4.52. The summed E-state index contributed by atoms with van der Waals surface area (Å²) >= 11 is 0. The number of hydrogen-bond acceptors (Lipinski definition) is 2. The maximum atomic E-state index is 12.0. The van der Waals surface area contributed by atoms with Crippen molar-refractivity contribution in [2.45, 2.75) is 26.2 Å². The SMILES string of the molecule is CC(=O)n1cc2c3c(cccc31)C(=O)CCC2. The standard InChI is InChI=1S/C14H13NO2/c1-9(16)15-8-10-4-2-7-13(17)11-5-3-6-12(15)14(10)11/h3,5-6,8H,2,4,7H2,1H3. The Balaban J connectivity index is 2.43. The Hall–Kier alpha value is -1.90. The van der Waals surface area contributed by atoms with E-state index in [0.29, 0.717) is 6.42 Å². The van der Waals surface area contributed by atoms with E-state index in [1.165, 1.54) is 0 Å². The van der Waals surface area contributed by atoms with Crippen LogP contribution in [-0.2, 0) is 6.42 Å². The maximum Gasteiger partial charge on any atom is 0.227 e. The number of aryl methyl sites for hydroxylation is 1. The summed E-state index contributed by atoms with van der Waals surface area (Å²) in [5.74, 6) is 0.182. The lowest BCUT2D eigenvalue weighted by Crippen LogP contribution is -2.04. The highest BCUT2D eigenvalue weighted by atomic mass is 16.1. The van der Waals surface area contributed by atoms with Gasteiger partial charge in [-0.2, -0.15) is 0 Å². The molecule has 86 valence electrons. The number of Topliss-reactive ketones (excluding diaryl/α,β-unsaturated/α-hetero) is 1. The van der Waals surface area contributed by atoms with E-state index >= 15 is 0 Å². The first-order valence-electron chi connectivity index (χ1n) is 5.85. The van der Waals surface area contributed by atoms with Gasteiger partial charge in [0.15, 0.2) is 5.78 Å². The Morgan fingerprint density at radius 2 is 2.12 bits per heavy atom. The molecule has 0 radical (unpaired) electrons. The molecule has 0 saturated carbocycles. The van der Waals surface area contributed by atoms with Crippen LogP contribution in [-0.4, -0.2) is 16.3 Å². The highest BCUT2D eigenvalue weighted by molar-refractivity contribution is 6.10. The minimum atomic E-state index is -0.00794. The van der Waals surface area contributed by atoms with Crippen LogP contribution in [0, 0.1) is 0 Å². The minimum absolute atomic E-state index is 0.00794. The van der Waals surface area contributed by atoms with Gasteiger partial charge in [0.1, 0.15) is 0 Å². The van der Waals surface area contributed by atoms with Gasteiger partial charge in [0.25, 0.3) is 0 Å². The Morgan fingerprint density at radius 1 is 1.29 bits per heavy atom. The van der Waals surface area contributed by atoms with E-state index in [9.17, 15) is 9.59 Å². The molecule has 3 heteroatoms. The first-order valence-corrected chi connectivity index (χ1v) is 5.85. The van der Waals surface area contributed by atoms with Crippen molar-refractivity contribution in [3.05, 3.63) is 35.5 Å². The molecule has 1 aliphatic carbocycles. The normalized spacial score (nSPS) is 15.0. The molecule has 0 N–H and O–H groups in total. The van der Waals surface area contributed by atoms with Gasteiger partial charge >= 0.3 is 0 Å². The van der Waals surface area contributed by atoms with Crippen LogP contribution in [0.5, 0.6) is 0 Å². The molecule has 0 saturated heterocycles. The van der Waals surface area contributed by atoms with E-state index in [4.69, 9.17) is 0 Å². The number of carbonyl (C=O) groups is 2. The van der Waals surface area contributed by atoms with Crippen LogP contribution in [0.4, 0.5) is 0 Å². The molecule has 2 aromatic rings. The van der Waals surface area contributed by atoms with E-state index in [0.717, 1.165) is 34.9 Å². The molecular formula is C14H13NO2. The number of aromatic nitrogens is 1. The molecule has 1 aromatic carbocycles. The molecule has 0 unspecified atom stereocenters. The maximum absolute atomic E-state index is 12.0. The van der Waals surface area contributed by atoms with Gasteiger partial charge in [-0.1, -0.05) is 12.1 Å². The fraction of sp³-hybridized carbons (Fsp3) is 0.286. The number of nitrogens with zero attached hydrogens (tertiary/aromatic N) is 1. The monoisotopic (exact) mass is 227 g/mol. The average Bonchev–Trinajstić information content (AvgIpc) is 2.60. The number of ketones is 1. The van der Waals surface area contributed by atoms with Gasteiger partial charge in [0.05, 0.1) is 5.52 Å². The van der Waals surface area contributed by atoms with Crippen molar-refractivity contribution in [3.63, 3.8) is 0 Å². The first-order chi connectivity index (χ1) is 8.18. The molecule has 3 nitrogen and oxygen atoms in total. The molecule has 17 heavy (non-hydrogen) atoms. The molecule has 0 bridgehead atoms. The third-order valence-electron chi connectivity index (χ3n) is 3.40. The van der Waals surface area contributed by atoms with Crippen LogP contribution in [0.1, 0.15) is 40.5 Å². The van der Waals surface area contributed by atoms with Gasteiger partial charge in [-0.3, -0.25) is 14.2 Å². The van der Waals surface area contributed by atoms with Crippen LogP contribution in [0.2, 0.25) is 0 Å². The quantitative estimate of drug-likeness (QED) is 0.694. The van der Waals surface area contributed by atoms with E-state index in [-0.39, 0.29) is 11.7 Å². The topological polar surface area (TPSA) is 39.1 Å². The lowest BCUT2D eigenvalue weighted by molar-refractivity contribution is 0.0938. The Kier molecular flexibility index (Phi) is 2.15. The van der Waals surface area contributed by atoms with Crippen LogP contribution >= 0.6 is 0 Å². The molecule has 0 aliphatic heterocycles. The van der Waals surface area contributed by atoms with Crippen LogP contribution in [0.3, 0.4) is 0 Å². The summed E-state index contributed by atoms with van der Waals surface area (Å²) < 4.78 is 1.65. The predicted octanol–water partition coefficient (Wildman–Crippen LogP) is 2.82. The number of rotatable bonds is 0. The molecular weight excluding hydrogens is 214 g/mol. The van der Waals surface area contributed by atoms with E-state index in [1.807, 2.05) is 24.4 Å². The summed E-state index contributed by atoms with van der Waals surface area (Å²) in [6.45, 7) is 1.55. The summed E-state index contributed by atoms with van der Waals surface area (Å²) in [4.78, 5) is 23.5. The number of carbonyl (C=O) groups excluding carboxylic acids is 2. The van der Waals surface area contributed by atoms with Gasteiger partial charge in [0, 0.05) is 30.5 Å². The Labute approximate surface area is 99.0 Å². The third kappa shape index (κ3) is 1.42. The van der Waals surface area contributed by atoms with Crippen molar-refractivity contribution in [1.29, 1.82) is 0 Å². The highest BCUT2D eigenvalue weighted by Crippen LogP contribution is 2.30. The fourth-order valence-electron chi connectivity index (χ4n) is 2.62. The molecule has 0 atom stereocenters. The van der Waals surface area contributed by atoms with Gasteiger partial charge in [-0.25, -0.2) is 0 Å². The van der Waals surface area contributed by atoms with E-state index in [1.54, 1.807) is 11.5 Å². The van der Waals surface area contributed by atoms with Gasteiger partial charge in [-0.05, 0) is 24.5 Å². The Bertz CT molecular complexity index is 637. The van der Waals surface area contributed by atoms with Crippen LogP contribution < -0.4 is 0 Å². The highest BCUT2D eigenvalue weighted by Gasteiger charge is 2.20. The lowest BCUT2D eigenvalue weighted by atomic mass is 10.0. The van der Waals surface area contributed by atoms with Gasteiger partial charge in [0.2, 0.25) is 5.91 Å². The summed E-state index contributed by atoms with van der Waals surface area (Å²) in [6.07, 6.45) is 4.23. The van der Waals surface area contributed by atoms with E-state index in [2.05, 4.69) is 0 Å². The second-order valence-corrected chi connectivity index (χ2v) is 4.52. The molecule has 1 aromatic heterocycles. The fourth-order valence-corrected chi connectivity index (χ4v) is 2.62. The summed E-state index contributed by atoms with van der Waals surface area (Å²) in [7, 11) is 0. The van der Waals surface area contributed by atoms with Crippen molar-refractivity contribution in [2.75, 3.05) is 0 Å². The Morgan fingerprint density at radius 3 is 2.88 bits per heavy atom. The molecule has 0 amide bonds. The molecule has 0 fully saturated rings. The van der Waals surface area contributed by atoms with Crippen LogP contribution in [0.25, 0.3) is 10.9 Å². The van der Waals surface area contributed by atoms with Crippen molar-refractivity contribution < 1.29 is 9.59 Å². The molecule has 1 heterocycles. The number of benzene rings is 1. The zero-order valence-corrected chi connectivity index (χ0v) is 9.69. The largest absolute Gasteiger partial charge is 0.294 e. The van der Waals surface area contributed by atoms with Crippen molar-refractivity contribution in [2.24, 2.45) is 0 Å². The predicted molar refractivity (Wildman–Crippen MR) is 65.5 cm³/mol. The van der Waals surface area contributed by atoms with Crippen LogP contribution in [0.15, 0.2) is 24.4 Å².